The number of nitrogens with zero attached hydrogens (tertiary/aromatic N) is 2. The highest BCUT2D eigenvalue weighted by Crippen LogP contribution is 2.23. The molecule has 0 saturated carbocycles. The molecule has 0 radical (unpaired) electrons. The van der Waals surface area contributed by atoms with Gasteiger partial charge < -0.3 is 9.05 Å². The third-order valence-electron chi connectivity index (χ3n) is 0.868. The molecule has 0 aromatic carbocycles. The van der Waals surface area contributed by atoms with Gasteiger partial charge in [0.15, 0.2) is 0 Å². The zero-order valence-electron chi connectivity index (χ0n) is 6.45. The lowest BCUT2D eigenvalue weighted by atomic mass is 10.5. The molecule has 0 saturated heterocycles. The van der Waals surface area contributed by atoms with Crippen LogP contribution in [0.1, 0.15) is 12.8 Å². The van der Waals surface area contributed by atoms with Crippen LogP contribution >= 0.6 is 8.25 Å². The molecule has 0 heterocycles. The van der Waals surface area contributed by atoms with Crippen LogP contribution in [-0.4, -0.2) is 13.2 Å². The van der Waals surface area contributed by atoms with Gasteiger partial charge in [-0.25, -0.2) is 0 Å². The molecule has 0 rings (SSSR count). The average molecular weight is 188 g/mol. The zero-order valence-corrected chi connectivity index (χ0v) is 7.45. The highest BCUT2D eigenvalue weighted by atomic mass is 31.1. The van der Waals surface area contributed by atoms with E-state index in [1.54, 1.807) is 0 Å². The van der Waals surface area contributed by atoms with E-state index in [2.05, 4.69) is 9.05 Å². The molecule has 0 aliphatic heterocycles. The van der Waals surface area contributed by atoms with Crippen LogP contribution in [0.2, 0.25) is 0 Å². The summed E-state index contributed by atoms with van der Waals surface area (Å²) in [6, 6.07) is 3.67. The van der Waals surface area contributed by atoms with E-state index >= 15 is 0 Å². The summed E-state index contributed by atoms with van der Waals surface area (Å²) in [5, 5.41) is 16.2. The fourth-order valence-electron chi connectivity index (χ4n) is 0.402. The van der Waals surface area contributed by atoms with Crippen LogP contribution in [0, 0.1) is 22.7 Å². The molecule has 0 fully saturated rings. The maximum absolute atomic E-state index is 10.7. The van der Waals surface area contributed by atoms with Crippen molar-refractivity contribution in [2.24, 2.45) is 0 Å². The van der Waals surface area contributed by atoms with E-state index in [-0.39, 0.29) is 26.1 Å². The van der Waals surface area contributed by atoms with Crippen LogP contribution in [0.3, 0.4) is 0 Å². The number of nitriles is 2. The summed E-state index contributed by atoms with van der Waals surface area (Å²) in [5.74, 6) is 0. The second kappa shape index (κ2) is 8.23. The molecular weight excluding hydrogens is 179 g/mol. The molecule has 0 N–H and O–H groups in total. The quantitative estimate of drug-likeness (QED) is 0.462. The van der Waals surface area contributed by atoms with Gasteiger partial charge in [-0.2, -0.15) is 10.5 Å². The first-order chi connectivity index (χ1) is 5.81. The first kappa shape index (κ1) is 11.1. The molecule has 6 heteroatoms. The Kier molecular flexibility index (Phi) is 7.63. The Bertz CT molecular complexity index is 196. The van der Waals surface area contributed by atoms with Gasteiger partial charge in [0.05, 0.1) is 38.2 Å². The van der Waals surface area contributed by atoms with E-state index in [0.717, 1.165) is 0 Å². The number of hydrogen-bond acceptors (Lipinski definition) is 5. The van der Waals surface area contributed by atoms with Crippen LogP contribution in [0.4, 0.5) is 0 Å². The van der Waals surface area contributed by atoms with Crippen molar-refractivity contribution in [1.29, 1.82) is 10.5 Å². The van der Waals surface area contributed by atoms with E-state index in [1.807, 2.05) is 12.1 Å². The fraction of sp³-hybridized carbons (Fsp3) is 0.667. The number of hydrogen-bond donors (Lipinski definition) is 0. The zero-order chi connectivity index (χ0) is 9.23. The van der Waals surface area contributed by atoms with Crippen molar-refractivity contribution in [1.82, 2.24) is 0 Å². The third-order valence-corrected chi connectivity index (χ3v) is 1.75. The largest absolute Gasteiger partial charge is 0.319 e. The summed E-state index contributed by atoms with van der Waals surface area (Å²) in [6.45, 7) is 0.224. The third kappa shape index (κ3) is 7.24. The molecule has 0 aromatic heterocycles. The molecule has 0 spiro atoms. The second-order valence-corrected chi connectivity index (χ2v) is 2.84. The SMILES string of the molecule is N#CCCO[PH](=O)OCCC#N. The van der Waals surface area contributed by atoms with Crippen LogP contribution in [0.25, 0.3) is 0 Å². The Labute approximate surface area is 71.5 Å². The summed E-state index contributed by atoms with van der Waals surface area (Å²) in [7, 11) is -2.49. The van der Waals surface area contributed by atoms with E-state index in [4.69, 9.17) is 10.5 Å². The molecule has 0 aliphatic carbocycles. The minimum atomic E-state index is -2.49. The maximum atomic E-state index is 10.7. The highest BCUT2D eigenvalue weighted by Gasteiger charge is 1.97. The van der Waals surface area contributed by atoms with Gasteiger partial charge in [-0.15, -0.1) is 0 Å². The first-order valence-corrected chi connectivity index (χ1v) is 4.57. The fourth-order valence-corrected chi connectivity index (χ4v) is 1.02. The minimum Gasteiger partial charge on any atom is -0.310 e. The predicted molar refractivity (Wildman–Crippen MR) is 41.4 cm³/mol. The van der Waals surface area contributed by atoms with Gasteiger partial charge in [-0.3, -0.25) is 4.57 Å². The topological polar surface area (TPSA) is 83.1 Å². The van der Waals surface area contributed by atoms with Gasteiger partial charge in [0.25, 0.3) is 0 Å². The van der Waals surface area contributed by atoms with E-state index in [0.29, 0.717) is 0 Å². The van der Waals surface area contributed by atoms with Gasteiger partial charge in [0.2, 0.25) is 0 Å². The normalized spacial score (nSPS) is 9.25. The minimum absolute atomic E-state index is 0.112. The van der Waals surface area contributed by atoms with Crippen LogP contribution in [0.15, 0.2) is 0 Å². The van der Waals surface area contributed by atoms with Crippen molar-refractivity contribution in [2.45, 2.75) is 12.8 Å². The summed E-state index contributed by atoms with van der Waals surface area (Å²) < 4.78 is 20.0. The van der Waals surface area contributed by atoms with E-state index < -0.39 is 8.25 Å². The molecule has 0 atom stereocenters. The van der Waals surface area contributed by atoms with E-state index in [1.165, 1.54) is 0 Å². The van der Waals surface area contributed by atoms with Gasteiger partial charge in [-0.05, 0) is 0 Å². The van der Waals surface area contributed by atoms with Gasteiger partial charge in [-0.1, -0.05) is 0 Å². The Morgan fingerprint density at radius 2 is 1.50 bits per heavy atom. The van der Waals surface area contributed by atoms with E-state index in [9.17, 15) is 4.57 Å². The maximum Gasteiger partial charge on any atom is 0.319 e. The van der Waals surface area contributed by atoms with Gasteiger partial charge in [0.1, 0.15) is 0 Å². The van der Waals surface area contributed by atoms with Gasteiger partial charge in [0, 0.05) is 0 Å². The lowest BCUT2D eigenvalue weighted by Gasteiger charge is -2.00. The predicted octanol–water partition coefficient (Wildman–Crippen LogP) is 1.24. The average Bonchev–Trinajstić information content (AvgIpc) is 2.06. The summed E-state index contributed by atoms with van der Waals surface area (Å²) in [4.78, 5) is 0. The standard InChI is InChI=1S/C6H9N2O3P/c7-3-1-5-10-12(9)11-6-2-4-8/h12H,1-2,5-6H2. The summed E-state index contributed by atoms with van der Waals surface area (Å²) in [6.07, 6.45) is 0.385. The number of rotatable bonds is 6. The van der Waals surface area contributed by atoms with Crippen molar-refractivity contribution in [2.75, 3.05) is 13.2 Å². The second-order valence-electron chi connectivity index (χ2n) is 1.76. The van der Waals surface area contributed by atoms with Crippen molar-refractivity contribution in [3.63, 3.8) is 0 Å². The van der Waals surface area contributed by atoms with Crippen LogP contribution in [0.5, 0.6) is 0 Å². The molecule has 0 amide bonds. The Morgan fingerprint density at radius 1 is 1.08 bits per heavy atom. The molecule has 0 aliphatic rings. The Morgan fingerprint density at radius 3 is 1.83 bits per heavy atom. The Hall–Kier alpha value is -0.870. The van der Waals surface area contributed by atoms with Crippen LogP contribution in [-0.2, 0) is 13.6 Å². The molecule has 12 heavy (non-hydrogen) atoms. The monoisotopic (exact) mass is 188 g/mol. The summed E-state index contributed by atoms with van der Waals surface area (Å²) >= 11 is 0. The van der Waals surface area contributed by atoms with Crippen molar-refractivity contribution in [3.8, 4) is 12.1 Å². The molecule has 5 nitrogen and oxygen atoms in total. The summed E-state index contributed by atoms with van der Waals surface area (Å²) in [5.41, 5.74) is 0. The molecule has 0 aromatic rings. The smallest absolute Gasteiger partial charge is 0.310 e. The van der Waals surface area contributed by atoms with Gasteiger partial charge >= 0.3 is 8.25 Å². The highest BCUT2D eigenvalue weighted by molar-refractivity contribution is 7.33. The van der Waals surface area contributed by atoms with Crippen molar-refractivity contribution >= 4 is 8.25 Å². The Balaban J connectivity index is 3.24. The molecule has 66 valence electrons. The molecular formula is C6H9N2O3P. The lowest BCUT2D eigenvalue weighted by molar-refractivity contribution is 0.233. The molecule has 0 bridgehead atoms. The first-order valence-electron chi connectivity index (χ1n) is 3.34. The molecule has 0 unspecified atom stereocenters. The van der Waals surface area contributed by atoms with Crippen molar-refractivity contribution < 1.29 is 13.6 Å². The lowest BCUT2D eigenvalue weighted by Crippen LogP contribution is -1.89. The van der Waals surface area contributed by atoms with Crippen LogP contribution < -0.4 is 0 Å². The van der Waals surface area contributed by atoms with Crippen molar-refractivity contribution in [3.05, 3.63) is 0 Å².